The molecule has 0 aliphatic carbocycles. The van der Waals surface area contributed by atoms with E-state index in [4.69, 9.17) is 16.1 Å². The maximum absolute atomic E-state index is 9.08. The largest absolute Gasteiger partial charge is 0.394 e. The molecule has 0 fully saturated rings. The highest BCUT2D eigenvalue weighted by Crippen LogP contribution is 2.23. The van der Waals surface area contributed by atoms with Gasteiger partial charge in [-0.25, -0.2) is 0 Å². The molecule has 0 saturated heterocycles. The molecular formula is C10H11BrN2O. The van der Waals surface area contributed by atoms with Crippen LogP contribution < -0.4 is 5.73 Å². The molecule has 74 valence electrons. The molecule has 0 bridgehead atoms. The van der Waals surface area contributed by atoms with Gasteiger partial charge in [0, 0.05) is 4.47 Å². The standard InChI is InChI=1S/C10H11BrN2O/c1-10(13,6-14)8-2-7(5-12)3-9(11)4-8/h2-4,14H,6,13H2,1H3/t10-/m1/s1. The van der Waals surface area contributed by atoms with E-state index in [1.54, 1.807) is 25.1 Å². The van der Waals surface area contributed by atoms with Gasteiger partial charge in [-0.15, -0.1) is 0 Å². The van der Waals surface area contributed by atoms with Gasteiger partial charge in [-0.05, 0) is 30.7 Å². The Morgan fingerprint density at radius 2 is 2.21 bits per heavy atom. The van der Waals surface area contributed by atoms with Crippen LogP contribution in [-0.2, 0) is 5.54 Å². The summed E-state index contributed by atoms with van der Waals surface area (Å²) in [4.78, 5) is 0. The summed E-state index contributed by atoms with van der Waals surface area (Å²) in [5, 5.41) is 17.8. The average Bonchev–Trinajstić information content (AvgIpc) is 2.16. The van der Waals surface area contributed by atoms with E-state index in [1.807, 2.05) is 6.07 Å². The van der Waals surface area contributed by atoms with Crippen LogP contribution in [0.5, 0.6) is 0 Å². The van der Waals surface area contributed by atoms with E-state index in [-0.39, 0.29) is 6.61 Å². The fraction of sp³-hybridized carbons (Fsp3) is 0.300. The maximum atomic E-state index is 9.08. The topological polar surface area (TPSA) is 70.0 Å². The molecule has 1 rings (SSSR count). The van der Waals surface area contributed by atoms with E-state index < -0.39 is 5.54 Å². The average molecular weight is 255 g/mol. The zero-order chi connectivity index (χ0) is 10.8. The van der Waals surface area contributed by atoms with Gasteiger partial charge in [0.15, 0.2) is 0 Å². The molecule has 0 spiro atoms. The third-order valence-electron chi connectivity index (χ3n) is 2.01. The summed E-state index contributed by atoms with van der Waals surface area (Å²) < 4.78 is 0.789. The Bertz CT molecular complexity index is 382. The van der Waals surface area contributed by atoms with E-state index in [1.165, 1.54) is 0 Å². The Balaban J connectivity index is 3.24. The summed E-state index contributed by atoms with van der Waals surface area (Å²) in [5.41, 5.74) is 6.31. The Morgan fingerprint density at radius 3 is 2.71 bits per heavy atom. The van der Waals surface area contributed by atoms with Gasteiger partial charge in [0.1, 0.15) is 0 Å². The van der Waals surface area contributed by atoms with Crippen molar-refractivity contribution in [3.8, 4) is 6.07 Å². The number of aliphatic hydroxyl groups is 1. The second-order valence-electron chi connectivity index (χ2n) is 3.42. The summed E-state index contributed by atoms with van der Waals surface area (Å²) in [6.45, 7) is 1.56. The third kappa shape index (κ3) is 2.32. The van der Waals surface area contributed by atoms with Gasteiger partial charge in [0.05, 0.1) is 23.8 Å². The smallest absolute Gasteiger partial charge is 0.0992 e. The predicted molar refractivity (Wildman–Crippen MR) is 57.5 cm³/mol. The van der Waals surface area contributed by atoms with Crippen molar-refractivity contribution >= 4 is 15.9 Å². The van der Waals surface area contributed by atoms with E-state index in [0.717, 1.165) is 10.0 Å². The van der Waals surface area contributed by atoms with E-state index in [9.17, 15) is 0 Å². The SMILES string of the molecule is C[C@@](N)(CO)c1cc(Br)cc(C#N)c1. The van der Waals surface area contributed by atoms with Crippen molar-refractivity contribution in [1.29, 1.82) is 5.26 Å². The molecule has 14 heavy (non-hydrogen) atoms. The Hall–Kier alpha value is -0.890. The number of nitrogens with zero attached hydrogens (tertiary/aromatic N) is 1. The van der Waals surface area contributed by atoms with Gasteiger partial charge in [-0.2, -0.15) is 5.26 Å². The highest BCUT2D eigenvalue weighted by atomic mass is 79.9. The first-order chi connectivity index (χ1) is 6.49. The maximum Gasteiger partial charge on any atom is 0.0992 e. The first-order valence-electron chi connectivity index (χ1n) is 4.10. The molecule has 0 aromatic heterocycles. The molecule has 0 unspecified atom stereocenters. The lowest BCUT2D eigenvalue weighted by atomic mass is 9.93. The minimum absolute atomic E-state index is 0.158. The zero-order valence-corrected chi connectivity index (χ0v) is 9.37. The minimum atomic E-state index is -0.810. The first-order valence-corrected chi connectivity index (χ1v) is 4.90. The Labute approximate surface area is 91.3 Å². The van der Waals surface area contributed by atoms with Crippen LogP contribution in [0.15, 0.2) is 22.7 Å². The van der Waals surface area contributed by atoms with Gasteiger partial charge < -0.3 is 10.8 Å². The van der Waals surface area contributed by atoms with Crippen LogP contribution in [0.2, 0.25) is 0 Å². The molecule has 1 atom stereocenters. The van der Waals surface area contributed by atoms with Crippen LogP contribution in [-0.4, -0.2) is 11.7 Å². The van der Waals surface area contributed by atoms with Gasteiger partial charge in [0.25, 0.3) is 0 Å². The molecule has 0 heterocycles. The summed E-state index contributed by atoms with van der Waals surface area (Å²) in [5.74, 6) is 0. The van der Waals surface area contributed by atoms with Crippen LogP contribution in [0.1, 0.15) is 18.1 Å². The van der Waals surface area contributed by atoms with Gasteiger partial charge in [-0.1, -0.05) is 15.9 Å². The van der Waals surface area contributed by atoms with E-state index in [2.05, 4.69) is 15.9 Å². The van der Waals surface area contributed by atoms with Crippen molar-refractivity contribution in [2.45, 2.75) is 12.5 Å². The third-order valence-corrected chi connectivity index (χ3v) is 2.47. The summed E-state index contributed by atoms with van der Waals surface area (Å²) in [6, 6.07) is 7.23. The number of hydrogen-bond donors (Lipinski definition) is 2. The fourth-order valence-electron chi connectivity index (χ4n) is 1.08. The lowest BCUT2D eigenvalue weighted by Gasteiger charge is -2.22. The zero-order valence-electron chi connectivity index (χ0n) is 7.79. The number of aliphatic hydroxyl groups excluding tert-OH is 1. The second-order valence-corrected chi connectivity index (χ2v) is 4.33. The number of nitrogens with two attached hydrogens (primary N) is 1. The van der Waals surface area contributed by atoms with Gasteiger partial charge in [-0.3, -0.25) is 0 Å². The van der Waals surface area contributed by atoms with Crippen LogP contribution >= 0.6 is 15.9 Å². The molecule has 0 aliphatic rings. The van der Waals surface area contributed by atoms with Crippen LogP contribution in [0.3, 0.4) is 0 Å². The lowest BCUT2D eigenvalue weighted by Crippen LogP contribution is -2.37. The van der Waals surface area contributed by atoms with Crippen molar-refractivity contribution in [2.75, 3.05) is 6.61 Å². The number of nitriles is 1. The van der Waals surface area contributed by atoms with Crippen LogP contribution in [0, 0.1) is 11.3 Å². The van der Waals surface area contributed by atoms with Gasteiger partial charge in [0.2, 0.25) is 0 Å². The van der Waals surface area contributed by atoms with E-state index >= 15 is 0 Å². The number of halogens is 1. The quantitative estimate of drug-likeness (QED) is 0.841. The molecule has 0 saturated carbocycles. The summed E-state index contributed by atoms with van der Waals surface area (Å²) in [7, 11) is 0. The van der Waals surface area contributed by atoms with Crippen LogP contribution in [0.25, 0.3) is 0 Å². The Kier molecular flexibility index (Phi) is 3.27. The normalized spacial score (nSPS) is 14.5. The van der Waals surface area contributed by atoms with Crippen molar-refractivity contribution in [3.05, 3.63) is 33.8 Å². The molecular weight excluding hydrogens is 244 g/mol. The van der Waals surface area contributed by atoms with E-state index in [0.29, 0.717) is 5.56 Å². The summed E-state index contributed by atoms with van der Waals surface area (Å²) in [6.07, 6.45) is 0. The number of benzene rings is 1. The molecule has 3 N–H and O–H groups in total. The molecule has 1 aromatic rings. The predicted octanol–water partition coefficient (Wildman–Crippen LogP) is 1.49. The van der Waals surface area contributed by atoms with Crippen molar-refractivity contribution < 1.29 is 5.11 Å². The molecule has 3 nitrogen and oxygen atoms in total. The highest BCUT2D eigenvalue weighted by molar-refractivity contribution is 9.10. The van der Waals surface area contributed by atoms with Gasteiger partial charge >= 0.3 is 0 Å². The molecule has 0 aliphatic heterocycles. The molecule has 0 radical (unpaired) electrons. The van der Waals surface area contributed by atoms with Crippen LogP contribution in [0.4, 0.5) is 0 Å². The molecule has 4 heteroatoms. The van der Waals surface area contributed by atoms with Crippen molar-refractivity contribution in [2.24, 2.45) is 5.73 Å². The number of hydrogen-bond acceptors (Lipinski definition) is 3. The highest BCUT2D eigenvalue weighted by Gasteiger charge is 2.20. The Morgan fingerprint density at radius 1 is 1.57 bits per heavy atom. The first kappa shape index (κ1) is 11.2. The fourth-order valence-corrected chi connectivity index (χ4v) is 1.57. The molecule has 1 aromatic carbocycles. The molecule has 0 amide bonds. The van der Waals surface area contributed by atoms with Crippen molar-refractivity contribution in [3.63, 3.8) is 0 Å². The monoisotopic (exact) mass is 254 g/mol. The van der Waals surface area contributed by atoms with Crippen molar-refractivity contribution in [1.82, 2.24) is 0 Å². The second kappa shape index (κ2) is 4.09. The minimum Gasteiger partial charge on any atom is -0.394 e. The number of rotatable bonds is 2. The summed E-state index contributed by atoms with van der Waals surface area (Å²) >= 11 is 3.29. The lowest BCUT2D eigenvalue weighted by molar-refractivity contribution is 0.210.